The fraction of sp³-hybridized carbons (Fsp3) is 0.538. The van der Waals surface area contributed by atoms with Crippen molar-refractivity contribution >= 4 is 11.8 Å². The summed E-state index contributed by atoms with van der Waals surface area (Å²) < 4.78 is 13.0. The highest BCUT2D eigenvalue weighted by Gasteiger charge is 2.16. The van der Waals surface area contributed by atoms with E-state index in [0.29, 0.717) is 5.75 Å². The van der Waals surface area contributed by atoms with Crippen LogP contribution >= 0.6 is 11.8 Å². The molecule has 1 atom stereocenters. The third kappa shape index (κ3) is 4.14. The molecule has 1 rings (SSSR count). The van der Waals surface area contributed by atoms with Gasteiger partial charge >= 0.3 is 0 Å². The fourth-order valence-corrected chi connectivity index (χ4v) is 2.27. The molecule has 0 saturated heterocycles. The average molecular weight is 242 g/mol. The van der Waals surface area contributed by atoms with Crippen molar-refractivity contribution in [2.75, 3.05) is 5.75 Å². The van der Waals surface area contributed by atoms with Gasteiger partial charge in [-0.1, -0.05) is 26.8 Å². The number of benzene rings is 1. The monoisotopic (exact) mass is 242 g/mol. The molecular weight excluding hydrogens is 223 g/mol. The predicted octanol–water partition coefficient (Wildman–Crippen LogP) is 3.70. The van der Waals surface area contributed by atoms with Crippen molar-refractivity contribution in [3.63, 3.8) is 0 Å². The molecule has 0 aliphatic rings. The summed E-state index contributed by atoms with van der Waals surface area (Å²) in [6.45, 7) is 8.16. The van der Waals surface area contributed by atoms with Gasteiger partial charge < -0.3 is 5.11 Å². The normalized spacial score (nSPS) is 13.9. The largest absolute Gasteiger partial charge is 0.388 e. The van der Waals surface area contributed by atoms with Crippen molar-refractivity contribution in [1.29, 1.82) is 0 Å². The summed E-state index contributed by atoms with van der Waals surface area (Å²) in [5, 5.41) is 10.0. The van der Waals surface area contributed by atoms with E-state index in [9.17, 15) is 9.50 Å². The zero-order chi connectivity index (χ0) is 12.3. The maximum atomic E-state index is 12.9. The van der Waals surface area contributed by atoms with E-state index in [1.165, 1.54) is 12.1 Å². The summed E-state index contributed by atoms with van der Waals surface area (Å²) in [5.41, 5.74) is 1.63. The van der Waals surface area contributed by atoms with Gasteiger partial charge in [-0.05, 0) is 30.2 Å². The van der Waals surface area contributed by atoms with E-state index in [4.69, 9.17) is 0 Å². The first kappa shape index (κ1) is 13.5. The molecule has 1 nitrogen and oxygen atoms in total. The van der Waals surface area contributed by atoms with Crippen LogP contribution in [0.2, 0.25) is 0 Å². The minimum absolute atomic E-state index is 0.134. The molecule has 0 spiro atoms. The molecule has 0 radical (unpaired) electrons. The standard InChI is InChI=1S/C13H19FOS/c1-9-7-10(14)5-6-11(9)12(15)8-16-13(2,3)4/h5-7,12,15H,8H2,1-4H3. The Labute approximate surface area is 101 Å². The van der Waals surface area contributed by atoms with Crippen LogP contribution in [-0.4, -0.2) is 15.6 Å². The number of rotatable bonds is 3. The van der Waals surface area contributed by atoms with Crippen LogP contribution in [0.15, 0.2) is 18.2 Å². The molecule has 1 aromatic carbocycles. The highest BCUT2D eigenvalue weighted by molar-refractivity contribution is 8.00. The highest BCUT2D eigenvalue weighted by atomic mass is 32.2. The van der Waals surface area contributed by atoms with E-state index < -0.39 is 6.10 Å². The van der Waals surface area contributed by atoms with Gasteiger partial charge in [-0.15, -0.1) is 0 Å². The molecule has 0 amide bonds. The van der Waals surface area contributed by atoms with Crippen LogP contribution in [0.25, 0.3) is 0 Å². The third-order valence-corrected chi connectivity index (χ3v) is 3.61. The maximum absolute atomic E-state index is 12.9. The molecular formula is C13H19FOS. The number of hydrogen-bond acceptors (Lipinski definition) is 2. The Bertz CT molecular complexity index is 357. The van der Waals surface area contributed by atoms with Gasteiger partial charge in [0.05, 0.1) is 6.10 Å². The van der Waals surface area contributed by atoms with Gasteiger partial charge in [0.25, 0.3) is 0 Å². The molecule has 1 unspecified atom stereocenters. The van der Waals surface area contributed by atoms with Crippen LogP contribution in [-0.2, 0) is 0 Å². The van der Waals surface area contributed by atoms with Crippen molar-refractivity contribution in [2.24, 2.45) is 0 Å². The van der Waals surface area contributed by atoms with Crippen LogP contribution in [0.1, 0.15) is 38.0 Å². The van der Waals surface area contributed by atoms with Crippen LogP contribution in [0, 0.1) is 12.7 Å². The van der Waals surface area contributed by atoms with Crippen LogP contribution in [0.5, 0.6) is 0 Å². The second kappa shape index (κ2) is 5.19. The number of aliphatic hydroxyl groups excluding tert-OH is 1. The van der Waals surface area contributed by atoms with E-state index in [1.54, 1.807) is 17.8 Å². The van der Waals surface area contributed by atoms with E-state index in [1.807, 2.05) is 6.92 Å². The minimum Gasteiger partial charge on any atom is -0.388 e. The van der Waals surface area contributed by atoms with Gasteiger partial charge in [0.15, 0.2) is 0 Å². The average Bonchev–Trinajstić information content (AvgIpc) is 2.13. The Morgan fingerprint density at radius 1 is 1.38 bits per heavy atom. The second-order valence-electron chi connectivity index (χ2n) is 4.94. The van der Waals surface area contributed by atoms with Crippen molar-refractivity contribution < 1.29 is 9.50 Å². The Morgan fingerprint density at radius 2 is 2.00 bits per heavy atom. The molecule has 0 heterocycles. The first-order valence-electron chi connectivity index (χ1n) is 5.37. The highest BCUT2D eigenvalue weighted by Crippen LogP contribution is 2.29. The summed E-state index contributed by atoms with van der Waals surface area (Å²) >= 11 is 1.71. The summed E-state index contributed by atoms with van der Waals surface area (Å²) in [4.78, 5) is 0. The van der Waals surface area contributed by atoms with Crippen molar-refractivity contribution in [3.05, 3.63) is 35.1 Å². The molecule has 0 aliphatic heterocycles. The topological polar surface area (TPSA) is 20.2 Å². The SMILES string of the molecule is Cc1cc(F)ccc1C(O)CSC(C)(C)C. The molecule has 0 fully saturated rings. The molecule has 0 aromatic heterocycles. The first-order chi connectivity index (χ1) is 7.29. The van der Waals surface area contributed by atoms with Gasteiger partial charge in [-0.3, -0.25) is 0 Å². The van der Waals surface area contributed by atoms with E-state index in [2.05, 4.69) is 20.8 Å². The molecule has 3 heteroatoms. The molecule has 1 aromatic rings. The van der Waals surface area contributed by atoms with Gasteiger partial charge in [0.1, 0.15) is 5.82 Å². The lowest BCUT2D eigenvalue weighted by molar-refractivity contribution is 0.203. The quantitative estimate of drug-likeness (QED) is 0.872. The predicted molar refractivity (Wildman–Crippen MR) is 68.3 cm³/mol. The third-order valence-electron chi connectivity index (χ3n) is 2.27. The van der Waals surface area contributed by atoms with Crippen molar-refractivity contribution in [2.45, 2.75) is 38.5 Å². The smallest absolute Gasteiger partial charge is 0.123 e. The summed E-state index contributed by atoms with van der Waals surface area (Å²) in [6.07, 6.45) is -0.523. The van der Waals surface area contributed by atoms with E-state index in [0.717, 1.165) is 11.1 Å². The second-order valence-corrected chi connectivity index (χ2v) is 6.79. The molecule has 0 saturated carbocycles. The zero-order valence-electron chi connectivity index (χ0n) is 10.2. The van der Waals surface area contributed by atoms with Crippen LogP contribution in [0.3, 0.4) is 0 Å². The summed E-state index contributed by atoms with van der Waals surface area (Å²) in [5.74, 6) is 0.382. The van der Waals surface area contributed by atoms with Gasteiger partial charge in [0.2, 0.25) is 0 Å². The van der Waals surface area contributed by atoms with E-state index in [-0.39, 0.29) is 10.6 Å². The van der Waals surface area contributed by atoms with Gasteiger partial charge in [-0.2, -0.15) is 11.8 Å². The summed E-state index contributed by atoms with van der Waals surface area (Å²) in [6, 6.07) is 4.52. The Hall–Kier alpha value is -0.540. The number of thioether (sulfide) groups is 1. The van der Waals surface area contributed by atoms with Crippen molar-refractivity contribution in [1.82, 2.24) is 0 Å². The molecule has 1 N–H and O–H groups in total. The zero-order valence-corrected chi connectivity index (χ0v) is 11.1. The minimum atomic E-state index is -0.523. The molecule has 0 bridgehead atoms. The number of hydrogen-bond donors (Lipinski definition) is 1. The van der Waals surface area contributed by atoms with Crippen molar-refractivity contribution in [3.8, 4) is 0 Å². The Balaban J connectivity index is 2.70. The number of halogens is 1. The lowest BCUT2D eigenvalue weighted by atomic mass is 10.0. The van der Waals surface area contributed by atoms with Gasteiger partial charge in [-0.25, -0.2) is 4.39 Å². The fourth-order valence-electron chi connectivity index (χ4n) is 1.43. The van der Waals surface area contributed by atoms with Crippen LogP contribution < -0.4 is 0 Å². The number of aryl methyl sites for hydroxylation is 1. The molecule has 16 heavy (non-hydrogen) atoms. The summed E-state index contributed by atoms with van der Waals surface area (Å²) in [7, 11) is 0. The van der Waals surface area contributed by atoms with Gasteiger partial charge in [0, 0.05) is 10.5 Å². The van der Waals surface area contributed by atoms with E-state index >= 15 is 0 Å². The molecule has 90 valence electrons. The van der Waals surface area contributed by atoms with Crippen LogP contribution in [0.4, 0.5) is 4.39 Å². The Kier molecular flexibility index (Phi) is 4.39. The molecule has 0 aliphatic carbocycles. The first-order valence-corrected chi connectivity index (χ1v) is 6.36. The maximum Gasteiger partial charge on any atom is 0.123 e. The lowest BCUT2D eigenvalue weighted by Gasteiger charge is -2.21. The Morgan fingerprint density at radius 3 is 2.50 bits per heavy atom. The lowest BCUT2D eigenvalue weighted by Crippen LogP contribution is -2.12. The number of aliphatic hydroxyl groups is 1.